The third-order valence-electron chi connectivity index (χ3n) is 2.92. The molecule has 0 aliphatic carbocycles. The predicted molar refractivity (Wildman–Crippen MR) is 53.8 cm³/mol. The lowest BCUT2D eigenvalue weighted by Crippen LogP contribution is -2.51. The number of β-amino-alcohol motifs (C(OH)–C–C–N with tert-alkyl or cyclic N) is 1. The molecule has 2 atom stereocenters. The average molecular weight is 211 g/mol. The number of piperidine rings is 1. The highest BCUT2D eigenvalue weighted by atomic mass is 19.1. The van der Waals surface area contributed by atoms with E-state index in [-0.39, 0.29) is 5.82 Å². The molecule has 0 aromatic heterocycles. The summed E-state index contributed by atoms with van der Waals surface area (Å²) < 4.78 is 12.7. The summed E-state index contributed by atoms with van der Waals surface area (Å²) in [5.74, 6) is -0.342. The van der Waals surface area contributed by atoms with Crippen molar-refractivity contribution in [2.24, 2.45) is 0 Å². The van der Waals surface area contributed by atoms with Crippen LogP contribution in [0.5, 0.6) is 0 Å². The van der Waals surface area contributed by atoms with E-state index in [2.05, 4.69) is 5.32 Å². The summed E-state index contributed by atoms with van der Waals surface area (Å²) in [6.07, 6.45) is -0.420. The molecule has 0 radical (unpaired) electrons. The molecule has 1 aliphatic rings. The highest BCUT2D eigenvalue weighted by Gasteiger charge is 2.39. The number of nitrogens with one attached hydrogen (secondary N) is 1. The zero-order valence-electron chi connectivity index (χ0n) is 8.28. The van der Waals surface area contributed by atoms with Gasteiger partial charge in [-0.15, -0.1) is 0 Å². The summed E-state index contributed by atoms with van der Waals surface area (Å²) in [5.41, 5.74) is -0.684. The summed E-state index contributed by atoms with van der Waals surface area (Å²) in [4.78, 5) is 0. The monoisotopic (exact) mass is 211 g/mol. The van der Waals surface area contributed by atoms with E-state index in [1.807, 2.05) is 0 Å². The van der Waals surface area contributed by atoms with E-state index in [0.29, 0.717) is 25.1 Å². The molecule has 4 heteroatoms. The maximum atomic E-state index is 12.7. The standard InChI is InChI=1S/C11H14FNO2/c12-9-3-1-8(2-4-9)11(15)5-6-13-7-10(11)14/h1-4,10,13-15H,5-7H2. The quantitative estimate of drug-likeness (QED) is 0.629. The molecule has 0 spiro atoms. The molecule has 0 bridgehead atoms. The number of rotatable bonds is 1. The number of halogens is 1. The third kappa shape index (κ3) is 1.88. The molecule has 1 aliphatic heterocycles. The highest BCUT2D eigenvalue weighted by Crippen LogP contribution is 2.30. The SMILES string of the molecule is OC1CNCCC1(O)c1ccc(F)cc1. The third-order valence-corrected chi connectivity index (χ3v) is 2.92. The first kappa shape index (κ1) is 10.5. The van der Waals surface area contributed by atoms with Gasteiger partial charge in [-0.2, -0.15) is 0 Å². The molecule has 1 fully saturated rings. The number of hydrogen-bond donors (Lipinski definition) is 3. The number of aliphatic hydroxyl groups excluding tert-OH is 1. The molecule has 0 saturated carbocycles. The molecular formula is C11H14FNO2. The molecule has 1 aromatic rings. The van der Waals surface area contributed by atoms with Crippen molar-refractivity contribution < 1.29 is 14.6 Å². The van der Waals surface area contributed by atoms with Crippen LogP contribution in [-0.4, -0.2) is 29.4 Å². The Balaban J connectivity index is 2.30. The van der Waals surface area contributed by atoms with E-state index in [9.17, 15) is 14.6 Å². The van der Waals surface area contributed by atoms with Gasteiger partial charge in [-0.1, -0.05) is 12.1 Å². The van der Waals surface area contributed by atoms with Gasteiger partial charge >= 0.3 is 0 Å². The summed E-state index contributed by atoms with van der Waals surface area (Å²) in [6.45, 7) is 0.999. The van der Waals surface area contributed by atoms with Crippen LogP contribution in [0.2, 0.25) is 0 Å². The van der Waals surface area contributed by atoms with E-state index in [1.54, 1.807) is 0 Å². The van der Waals surface area contributed by atoms with Gasteiger partial charge in [-0.05, 0) is 30.7 Å². The van der Waals surface area contributed by atoms with Crippen LogP contribution in [0, 0.1) is 5.82 Å². The number of hydrogen-bond acceptors (Lipinski definition) is 3. The second-order valence-electron chi connectivity index (χ2n) is 3.90. The van der Waals surface area contributed by atoms with E-state index in [0.717, 1.165) is 0 Å². The second-order valence-corrected chi connectivity index (χ2v) is 3.90. The zero-order chi connectivity index (χ0) is 10.9. The number of benzene rings is 1. The molecule has 0 amide bonds. The van der Waals surface area contributed by atoms with Crippen LogP contribution in [0.1, 0.15) is 12.0 Å². The Morgan fingerprint density at radius 2 is 2.00 bits per heavy atom. The highest BCUT2D eigenvalue weighted by molar-refractivity contribution is 5.25. The van der Waals surface area contributed by atoms with Crippen LogP contribution >= 0.6 is 0 Å². The van der Waals surface area contributed by atoms with Crippen molar-refractivity contribution in [1.82, 2.24) is 5.32 Å². The van der Waals surface area contributed by atoms with Crippen molar-refractivity contribution >= 4 is 0 Å². The van der Waals surface area contributed by atoms with Gasteiger partial charge in [0.2, 0.25) is 0 Å². The number of aliphatic hydroxyl groups is 2. The molecular weight excluding hydrogens is 197 g/mol. The molecule has 1 saturated heterocycles. The van der Waals surface area contributed by atoms with E-state index in [4.69, 9.17) is 0 Å². The Bertz CT molecular complexity index is 341. The van der Waals surface area contributed by atoms with Gasteiger partial charge in [-0.25, -0.2) is 4.39 Å². The predicted octanol–water partition coefficient (Wildman–Crippen LogP) is 0.368. The lowest BCUT2D eigenvalue weighted by Gasteiger charge is -2.37. The molecule has 2 unspecified atom stereocenters. The molecule has 15 heavy (non-hydrogen) atoms. The smallest absolute Gasteiger partial charge is 0.123 e. The van der Waals surface area contributed by atoms with Crippen molar-refractivity contribution in [3.63, 3.8) is 0 Å². The molecule has 3 nitrogen and oxygen atoms in total. The van der Waals surface area contributed by atoms with Crippen LogP contribution < -0.4 is 5.32 Å². The zero-order valence-corrected chi connectivity index (χ0v) is 8.28. The fraction of sp³-hybridized carbons (Fsp3) is 0.455. The van der Waals surface area contributed by atoms with Gasteiger partial charge < -0.3 is 15.5 Å². The normalized spacial score (nSPS) is 31.5. The summed E-state index contributed by atoms with van der Waals surface area (Å²) in [5, 5.41) is 23.0. The van der Waals surface area contributed by atoms with Gasteiger partial charge in [0.1, 0.15) is 11.4 Å². The lowest BCUT2D eigenvalue weighted by molar-refractivity contribution is -0.0977. The average Bonchev–Trinajstić information content (AvgIpc) is 2.23. The Hall–Kier alpha value is -0.970. The molecule has 2 rings (SSSR count). The summed E-state index contributed by atoms with van der Waals surface area (Å²) >= 11 is 0. The van der Waals surface area contributed by atoms with Crippen molar-refractivity contribution in [3.05, 3.63) is 35.6 Å². The van der Waals surface area contributed by atoms with Crippen molar-refractivity contribution in [1.29, 1.82) is 0 Å². The van der Waals surface area contributed by atoms with Crippen LogP contribution in [-0.2, 0) is 5.60 Å². The maximum Gasteiger partial charge on any atom is 0.123 e. The molecule has 1 aromatic carbocycles. The topological polar surface area (TPSA) is 52.5 Å². The Labute approximate surface area is 87.6 Å². The Morgan fingerprint density at radius 3 is 2.60 bits per heavy atom. The van der Waals surface area contributed by atoms with Crippen molar-refractivity contribution in [2.45, 2.75) is 18.1 Å². The van der Waals surface area contributed by atoms with E-state index in [1.165, 1.54) is 24.3 Å². The van der Waals surface area contributed by atoms with Gasteiger partial charge in [0.05, 0.1) is 6.10 Å². The van der Waals surface area contributed by atoms with Gasteiger partial charge in [-0.3, -0.25) is 0 Å². The largest absolute Gasteiger partial charge is 0.388 e. The fourth-order valence-corrected chi connectivity index (χ4v) is 1.93. The maximum absolute atomic E-state index is 12.7. The molecule has 82 valence electrons. The Kier molecular flexibility index (Phi) is 2.73. The van der Waals surface area contributed by atoms with Crippen LogP contribution in [0.15, 0.2) is 24.3 Å². The van der Waals surface area contributed by atoms with Gasteiger partial charge in [0.25, 0.3) is 0 Å². The van der Waals surface area contributed by atoms with Crippen LogP contribution in [0.4, 0.5) is 4.39 Å². The minimum Gasteiger partial charge on any atom is -0.388 e. The van der Waals surface area contributed by atoms with Crippen molar-refractivity contribution in [3.8, 4) is 0 Å². The first-order chi connectivity index (χ1) is 7.13. The first-order valence-electron chi connectivity index (χ1n) is 5.00. The molecule has 1 heterocycles. The first-order valence-corrected chi connectivity index (χ1v) is 5.00. The van der Waals surface area contributed by atoms with E-state index < -0.39 is 11.7 Å². The minimum atomic E-state index is -1.25. The van der Waals surface area contributed by atoms with E-state index >= 15 is 0 Å². The van der Waals surface area contributed by atoms with Crippen molar-refractivity contribution in [2.75, 3.05) is 13.1 Å². The Morgan fingerprint density at radius 1 is 1.33 bits per heavy atom. The second kappa shape index (κ2) is 3.89. The fourth-order valence-electron chi connectivity index (χ4n) is 1.93. The summed E-state index contributed by atoms with van der Waals surface area (Å²) in [6, 6.07) is 5.62. The summed E-state index contributed by atoms with van der Waals surface area (Å²) in [7, 11) is 0. The van der Waals surface area contributed by atoms with Crippen LogP contribution in [0.3, 0.4) is 0 Å². The molecule has 3 N–H and O–H groups in total. The lowest BCUT2D eigenvalue weighted by atomic mass is 9.83. The van der Waals surface area contributed by atoms with Gasteiger partial charge in [0, 0.05) is 6.54 Å². The van der Waals surface area contributed by atoms with Crippen LogP contribution in [0.25, 0.3) is 0 Å². The van der Waals surface area contributed by atoms with Gasteiger partial charge in [0.15, 0.2) is 0 Å². The minimum absolute atomic E-state index is 0.342.